The Kier molecular flexibility index (Phi) is 3.60. The molecule has 0 spiro atoms. The molecule has 0 radical (unpaired) electrons. The van der Waals surface area contributed by atoms with Crippen molar-refractivity contribution in [2.45, 2.75) is 0 Å². The van der Waals surface area contributed by atoms with Gasteiger partial charge < -0.3 is 4.98 Å². The molecular formula is C10H8BrN3O2S. The van der Waals surface area contributed by atoms with Crippen LogP contribution in [0.2, 0.25) is 0 Å². The van der Waals surface area contributed by atoms with Gasteiger partial charge in [0.1, 0.15) is 5.69 Å². The van der Waals surface area contributed by atoms with Crippen molar-refractivity contribution < 1.29 is 9.59 Å². The topological polar surface area (TPSA) is 74.0 Å². The molecule has 0 saturated heterocycles. The molecule has 88 valence electrons. The first kappa shape index (κ1) is 11.9. The lowest BCUT2D eigenvalue weighted by Gasteiger charge is -2.04. The van der Waals surface area contributed by atoms with Crippen LogP contribution in [0.4, 0.5) is 0 Å². The Morgan fingerprint density at radius 3 is 2.65 bits per heavy atom. The second-order valence-corrected chi connectivity index (χ2v) is 4.98. The number of carbonyl (C=O) groups is 2. The predicted octanol–water partition coefficient (Wildman–Crippen LogP) is 1.91. The molecule has 2 amide bonds. The smallest absolute Gasteiger partial charge is 0.286 e. The van der Waals surface area contributed by atoms with E-state index in [-0.39, 0.29) is 5.91 Å². The van der Waals surface area contributed by atoms with Crippen LogP contribution in [0.25, 0.3) is 0 Å². The number of amides is 2. The van der Waals surface area contributed by atoms with E-state index < -0.39 is 5.91 Å². The van der Waals surface area contributed by atoms with E-state index in [1.54, 1.807) is 29.8 Å². The highest BCUT2D eigenvalue weighted by atomic mass is 79.9. The van der Waals surface area contributed by atoms with Gasteiger partial charge in [0.15, 0.2) is 0 Å². The number of aromatic amines is 1. The van der Waals surface area contributed by atoms with Crippen molar-refractivity contribution in [2.75, 3.05) is 0 Å². The Hall–Kier alpha value is -1.60. The van der Waals surface area contributed by atoms with Crippen LogP contribution in [0.3, 0.4) is 0 Å². The van der Waals surface area contributed by atoms with E-state index in [1.165, 1.54) is 11.3 Å². The Morgan fingerprint density at radius 1 is 1.29 bits per heavy atom. The summed E-state index contributed by atoms with van der Waals surface area (Å²) in [5, 5.41) is 1.79. The summed E-state index contributed by atoms with van der Waals surface area (Å²) in [6.45, 7) is 0. The first-order valence-electron chi connectivity index (χ1n) is 4.65. The number of nitrogens with one attached hydrogen (secondary N) is 3. The molecule has 0 unspecified atom stereocenters. The minimum Gasteiger partial charge on any atom is -0.356 e. The van der Waals surface area contributed by atoms with Crippen molar-refractivity contribution in [1.29, 1.82) is 0 Å². The molecule has 2 aromatic rings. The third kappa shape index (κ3) is 2.95. The van der Waals surface area contributed by atoms with Crippen LogP contribution in [-0.2, 0) is 0 Å². The Bertz CT molecular complexity index is 536. The van der Waals surface area contributed by atoms with E-state index in [9.17, 15) is 9.59 Å². The van der Waals surface area contributed by atoms with Gasteiger partial charge in [0.05, 0.1) is 4.88 Å². The average molecular weight is 314 g/mol. The number of H-pyrrole nitrogens is 1. The van der Waals surface area contributed by atoms with E-state index in [2.05, 4.69) is 31.8 Å². The van der Waals surface area contributed by atoms with E-state index in [0.29, 0.717) is 10.6 Å². The summed E-state index contributed by atoms with van der Waals surface area (Å²) in [7, 11) is 0. The average Bonchev–Trinajstić information content (AvgIpc) is 2.95. The second-order valence-electron chi connectivity index (χ2n) is 3.12. The molecule has 2 heterocycles. The number of carbonyl (C=O) groups excluding carboxylic acids is 2. The van der Waals surface area contributed by atoms with Crippen molar-refractivity contribution in [3.8, 4) is 0 Å². The van der Waals surface area contributed by atoms with Gasteiger partial charge in [0.2, 0.25) is 0 Å². The molecule has 0 fully saturated rings. The monoisotopic (exact) mass is 313 g/mol. The molecule has 0 bridgehead atoms. The van der Waals surface area contributed by atoms with Gasteiger partial charge in [0.25, 0.3) is 11.8 Å². The molecule has 0 aliphatic heterocycles. The first-order chi connectivity index (χ1) is 8.16. The summed E-state index contributed by atoms with van der Waals surface area (Å²) in [6.07, 6.45) is 1.63. The first-order valence-corrected chi connectivity index (χ1v) is 6.32. The van der Waals surface area contributed by atoms with Gasteiger partial charge in [-0.1, -0.05) is 6.07 Å². The van der Waals surface area contributed by atoms with Gasteiger partial charge >= 0.3 is 0 Å². The molecule has 2 rings (SSSR count). The normalized spacial score (nSPS) is 9.94. The molecule has 17 heavy (non-hydrogen) atoms. The summed E-state index contributed by atoms with van der Waals surface area (Å²) in [6, 6.07) is 5.06. The van der Waals surface area contributed by atoms with Gasteiger partial charge in [-0.3, -0.25) is 20.4 Å². The van der Waals surface area contributed by atoms with Crippen LogP contribution in [0.15, 0.2) is 34.2 Å². The Labute approximate surface area is 109 Å². The number of aromatic nitrogens is 1. The fourth-order valence-electron chi connectivity index (χ4n) is 1.15. The third-order valence-corrected chi connectivity index (χ3v) is 3.25. The maximum absolute atomic E-state index is 11.6. The van der Waals surface area contributed by atoms with Crippen LogP contribution >= 0.6 is 27.3 Å². The summed E-state index contributed by atoms with van der Waals surface area (Å²) >= 11 is 4.52. The lowest BCUT2D eigenvalue weighted by molar-refractivity contribution is 0.0846. The van der Waals surface area contributed by atoms with E-state index in [1.807, 2.05) is 0 Å². The zero-order valence-electron chi connectivity index (χ0n) is 8.49. The highest BCUT2D eigenvalue weighted by Gasteiger charge is 2.10. The SMILES string of the molecule is O=C(NNC(=O)c1cccs1)c1cc(Br)c[nH]1. The zero-order valence-corrected chi connectivity index (χ0v) is 10.9. The lowest BCUT2D eigenvalue weighted by atomic mass is 10.4. The predicted molar refractivity (Wildman–Crippen MR) is 67.7 cm³/mol. The van der Waals surface area contributed by atoms with E-state index in [0.717, 1.165) is 4.47 Å². The maximum atomic E-state index is 11.6. The Morgan fingerprint density at radius 2 is 2.06 bits per heavy atom. The highest BCUT2D eigenvalue weighted by molar-refractivity contribution is 9.10. The minimum absolute atomic E-state index is 0.334. The van der Waals surface area contributed by atoms with Crippen molar-refractivity contribution in [3.05, 3.63) is 44.8 Å². The van der Waals surface area contributed by atoms with Crippen molar-refractivity contribution >= 4 is 39.1 Å². The van der Waals surface area contributed by atoms with Crippen LogP contribution in [0.5, 0.6) is 0 Å². The van der Waals surface area contributed by atoms with Gasteiger partial charge in [-0.05, 0) is 33.4 Å². The second kappa shape index (κ2) is 5.15. The lowest BCUT2D eigenvalue weighted by Crippen LogP contribution is -2.41. The van der Waals surface area contributed by atoms with E-state index >= 15 is 0 Å². The maximum Gasteiger partial charge on any atom is 0.286 e. The standard InChI is InChI=1S/C10H8BrN3O2S/c11-6-4-7(12-5-6)9(15)13-14-10(16)8-2-1-3-17-8/h1-5,12H,(H,13,15)(H,14,16). The molecular weight excluding hydrogens is 306 g/mol. The van der Waals surface area contributed by atoms with Gasteiger partial charge in [-0.15, -0.1) is 11.3 Å². The molecule has 0 aliphatic rings. The third-order valence-electron chi connectivity index (χ3n) is 1.93. The van der Waals surface area contributed by atoms with Crippen molar-refractivity contribution in [1.82, 2.24) is 15.8 Å². The fourth-order valence-corrected chi connectivity index (χ4v) is 2.11. The molecule has 3 N–H and O–H groups in total. The largest absolute Gasteiger partial charge is 0.356 e. The van der Waals surface area contributed by atoms with Crippen LogP contribution in [0, 0.1) is 0 Å². The van der Waals surface area contributed by atoms with Gasteiger partial charge in [-0.2, -0.15) is 0 Å². The number of rotatable bonds is 2. The van der Waals surface area contributed by atoms with Crippen molar-refractivity contribution in [2.24, 2.45) is 0 Å². The fraction of sp³-hybridized carbons (Fsp3) is 0. The summed E-state index contributed by atoms with van der Waals surface area (Å²) in [4.78, 5) is 26.4. The zero-order chi connectivity index (χ0) is 12.3. The number of hydrazine groups is 1. The van der Waals surface area contributed by atoms with Gasteiger partial charge in [-0.25, -0.2) is 0 Å². The van der Waals surface area contributed by atoms with Crippen LogP contribution < -0.4 is 10.9 Å². The number of thiophene rings is 1. The summed E-state index contributed by atoms with van der Waals surface area (Å²) in [5.41, 5.74) is 5.01. The molecule has 0 aromatic carbocycles. The molecule has 5 nitrogen and oxygen atoms in total. The van der Waals surface area contributed by atoms with Gasteiger partial charge in [0, 0.05) is 10.7 Å². The Balaban J connectivity index is 1.91. The number of hydrogen-bond donors (Lipinski definition) is 3. The molecule has 7 heteroatoms. The molecule has 2 aromatic heterocycles. The molecule has 0 aliphatic carbocycles. The summed E-state index contributed by atoms with van der Waals surface area (Å²) < 4.78 is 0.771. The van der Waals surface area contributed by atoms with Crippen LogP contribution in [0.1, 0.15) is 20.2 Å². The minimum atomic E-state index is -0.402. The van der Waals surface area contributed by atoms with E-state index in [4.69, 9.17) is 0 Å². The number of halogens is 1. The summed E-state index contributed by atoms with van der Waals surface area (Å²) in [5.74, 6) is -0.737. The van der Waals surface area contributed by atoms with Crippen molar-refractivity contribution in [3.63, 3.8) is 0 Å². The quantitative estimate of drug-likeness (QED) is 0.741. The number of hydrogen-bond acceptors (Lipinski definition) is 3. The van der Waals surface area contributed by atoms with Crippen LogP contribution in [-0.4, -0.2) is 16.8 Å². The molecule has 0 saturated carbocycles. The molecule has 0 atom stereocenters. The highest BCUT2D eigenvalue weighted by Crippen LogP contribution is 2.10.